The Morgan fingerprint density at radius 1 is 2.00 bits per heavy atom. The molecule has 0 atom stereocenters. The Hall–Kier alpha value is -0.750. The first-order valence-corrected chi connectivity index (χ1v) is 1.21. The van der Waals surface area contributed by atoms with Gasteiger partial charge in [0.25, 0.3) is 0 Å². The van der Waals surface area contributed by atoms with Crippen LogP contribution in [0.4, 0.5) is 0 Å². The Kier molecular flexibility index (Phi) is 0.297. The average Bonchev–Trinajstić information content (AvgIpc) is 2.12. The zero-order valence-corrected chi connectivity index (χ0v) is 2.51. The van der Waals surface area contributed by atoms with E-state index in [1.54, 1.807) is 0 Å². The van der Waals surface area contributed by atoms with Crippen molar-refractivity contribution in [2.75, 3.05) is 6.73 Å². The topological polar surface area (TPSA) is 19.9 Å². The molecule has 1 saturated heterocycles. The molecule has 5 heavy (non-hydrogen) atoms. The van der Waals surface area contributed by atoms with Gasteiger partial charge < -0.3 is 0 Å². The Labute approximate surface area is 29.5 Å². The van der Waals surface area contributed by atoms with Crippen LogP contribution < -0.4 is 0 Å². The summed E-state index contributed by atoms with van der Waals surface area (Å²) in [5.41, 5.74) is 0. The summed E-state index contributed by atoms with van der Waals surface area (Å²) in [4.78, 5) is 7.20. The zero-order valence-electron chi connectivity index (χ0n) is 2.51. The van der Waals surface area contributed by atoms with E-state index in [1.807, 2.05) is 0 Å². The largest absolute Gasteiger partial charge is 0.248 e. The molecule has 1 fully saturated rings. The van der Waals surface area contributed by atoms with E-state index in [4.69, 9.17) is 6.57 Å². The number of hydroxylamine groups is 1. The minimum atomic E-state index is 0.490. The maximum atomic E-state index is 6.15. The molecule has 0 aliphatic carbocycles. The Morgan fingerprint density at radius 2 is 2.60 bits per heavy atom. The Morgan fingerprint density at radius 3 is 2.60 bits per heavy atom. The molecule has 0 saturated carbocycles. The average molecular weight is 70.1 g/mol. The van der Waals surface area contributed by atoms with Crippen LogP contribution in [-0.4, -0.2) is 11.9 Å². The van der Waals surface area contributed by atoms with Crippen LogP contribution in [0, 0.1) is 6.57 Å². The van der Waals surface area contributed by atoms with E-state index in [-0.39, 0.29) is 0 Å². The monoisotopic (exact) mass is 70.0 g/mol. The second-order valence-corrected chi connectivity index (χ2v) is 0.710. The van der Waals surface area contributed by atoms with E-state index in [0.717, 1.165) is 0 Å². The number of hydrogen-bond acceptors (Lipinski definition) is 2. The van der Waals surface area contributed by atoms with Crippen molar-refractivity contribution in [2.45, 2.75) is 0 Å². The van der Waals surface area contributed by atoms with E-state index in [1.165, 1.54) is 5.17 Å². The Bertz CT molecular complexity index is 70.2. The molecule has 0 aromatic carbocycles. The van der Waals surface area contributed by atoms with Crippen LogP contribution in [0.1, 0.15) is 0 Å². The molecule has 3 heteroatoms. The van der Waals surface area contributed by atoms with E-state index in [9.17, 15) is 0 Å². The van der Waals surface area contributed by atoms with Gasteiger partial charge in [-0.2, -0.15) is 11.4 Å². The van der Waals surface area contributed by atoms with Crippen molar-refractivity contribution in [3.8, 4) is 0 Å². The van der Waals surface area contributed by atoms with Crippen molar-refractivity contribution in [3.05, 3.63) is 11.5 Å². The second-order valence-electron chi connectivity index (χ2n) is 0.710. The van der Waals surface area contributed by atoms with Crippen LogP contribution in [0.5, 0.6) is 0 Å². The predicted octanol–water partition coefficient (Wildman–Crippen LogP) is 0.0254. The highest BCUT2D eigenvalue weighted by atomic mass is 16.8. The smallest absolute Gasteiger partial charge is 0.181 e. The third-order valence-corrected chi connectivity index (χ3v) is 0.356. The third-order valence-electron chi connectivity index (χ3n) is 0.356. The van der Waals surface area contributed by atoms with E-state index in [0.29, 0.717) is 6.73 Å². The molecular formula is C2H2N2O. The fourth-order valence-corrected chi connectivity index (χ4v) is 0.0836. The first-order chi connectivity index (χ1) is 2.43. The molecule has 1 aliphatic heterocycles. The minimum Gasteiger partial charge on any atom is -0.181 e. The van der Waals surface area contributed by atoms with Crippen molar-refractivity contribution < 1.29 is 4.84 Å². The highest BCUT2D eigenvalue weighted by molar-refractivity contribution is 4.48. The standard InChI is InChI=1S/C2H2N2O/c1-3-4-2-5-4/h2H2. The van der Waals surface area contributed by atoms with Gasteiger partial charge in [0.2, 0.25) is 6.73 Å². The summed E-state index contributed by atoms with van der Waals surface area (Å²) in [5, 5.41) is 1.17. The van der Waals surface area contributed by atoms with Gasteiger partial charge in [-0.05, 0) is 0 Å². The van der Waals surface area contributed by atoms with Crippen LogP contribution in [0.3, 0.4) is 0 Å². The van der Waals surface area contributed by atoms with Gasteiger partial charge in [-0.25, -0.2) is 0 Å². The summed E-state index contributed by atoms with van der Waals surface area (Å²) in [7, 11) is 0. The predicted molar refractivity (Wildman–Crippen MR) is 14.4 cm³/mol. The molecule has 3 nitrogen and oxygen atoms in total. The molecule has 0 aromatic heterocycles. The van der Waals surface area contributed by atoms with Gasteiger partial charge in [-0.15, -0.1) is 4.95 Å². The first kappa shape index (κ1) is 2.49. The lowest BCUT2D eigenvalue weighted by molar-refractivity contribution is 0.259. The van der Waals surface area contributed by atoms with Gasteiger partial charge in [-0.1, -0.05) is 0 Å². The molecule has 0 aromatic rings. The van der Waals surface area contributed by atoms with Crippen molar-refractivity contribution >= 4 is 0 Å². The molecule has 26 valence electrons. The van der Waals surface area contributed by atoms with Crippen LogP contribution >= 0.6 is 0 Å². The summed E-state index contributed by atoms with van der Waals surface area (Å²) in [6.45, 7) is 6.64. The SMILES string of the molecule is [C-]#[N+]N1CO1. The highest BCUT2D eigenvalue weighted by Gasteiger charge is 2.22. The van der Waals surface area contributed by atoms with Gasteiger partial charge in [0.1, 0.15) is 0 Å². The second kappa shape index (κ2) is 0.597. The van der Waals surface area contributed by atoms with Crippen molar-refractivity contribution in [3.63, 3.8) is 0 Å². The van der Waals surface area contributed by atoms with E-state index in [2.05, 4.69) is 9.79 Å². The summed E-state index contributed by atoms with van der Waals surface area (Å²) in [5.74, 6) is 0. The van der Waals surface area contributed by atoms with Crippen LogP contribution in [0.2, 0.25) is 0 Å². The Balaban J connectivity index is 2.30. The molecule has 1 aliphatic rings. The van der Waals surface area contributed by atoms with E-state index >= 15 is 0 Å². The van der Waals surface area contributed by atoms with Crippen molar-refractivity contribution in [1.82, 2.24) is 5.17 Å². The van der Waals surface area contributed by atoms with Crippen molar-refractivity contribution in [2.24, 2.45) is 0 Å². The molecule has 0 bridgehead atoms. The van der Waals surface area contributed by atoms with Crippen LogP contribution in [0.25, 0.3) is 4.95 Å². The van der Waals surface area contributed by atoms with Crippen LogP contribution in [-0.2, 0) is 4.84 Å². The molecule has 0 radical (unpaired) electrons. The molecule has 0 unspecified atom stereocenters. The molecule has 1 rings (SSSR count). The van der Waals surface area contributed by atoms with E-state index < -0.39 is 0 Å². The lowest BCUT2D eigenvalue weighted by Gasteiger charge is -1.57. The summed E-state index contributed by atoms with van der Waals surface area (Å²) >= 11 is 0. The lowest BCUT2D eigenvalue weighted by atomic mass is 11.5. The molecular weight excluding hydrogens is 68.0 g/mol. The summed E-state index contributed by atoms with van der Waals surface area (Å²) in [6, 6.07) is 0. The fraction of sp³-hybridized carbons (Fsp3) is 0.500. The van der Waals surface area contributed by atoms with Crippen molar-refractivity contribution in [1.29, 1.82) is 0 Å². The van der Waals surface area contributed by atoms with Gasteiger partial charge >= 0.3 is 0 Å². The molecule has 0 N–H and O–H groups in total. The summed E-state index contributed by atoms with van der Waals surface area (Å²) in [6.07, 6.45) is 0. The lowest BCUT2D eigenvalue weighted by Crippen LogP contribution is -1.67. The number of hydrogen-bond donors (Lipinski definition) is 0. The van der Waals surface area contributed by atoms with Gasteiger partial charge in [-0.3, -0.25) is 0 Å². The molecule has 0 spiro atoms. The molecule has 1 heterocycles. The first-order valence-electron chi connectivity index (χ1n) is 1.21. The summed E-state index contributed by atoms with van der Waals surface area (Å²) < 4.78 is 0. The number of nitrogens with zero attached hydrogens (tertiary/aromatic N) is 2. The highest BCUT2D eigenvalue weighted by Crippen LogP contribution is 2.03. The fourth-order valence-electron chi connectivity index (χ4n) is 0.0836. The van der Waals surface area contributed by atoms with Gasteiger partial charge in [0.05, 0.1) is 5.17 Å². The minimum absolute atomic E-state index is 0.490. The zero-order chi connectivity index (χ0) is 3.70. The normalized spacial score (nSPS) is 17.8. The number of rotatable bonds is 0. The maximum Gasteiger partial charge on any atom is 0.248 e. The quantitative estimate of drug-likeness (QED) is 0.296. The van der Waals surface area contributed by atoms with Gasteiger partial charge in [0.15, 0.2) is 0 Å². The van der Waals surface area contributed by atoms with Crippen LogP contribution in [0.15, 0.2) is 0 Å². The molecule has 0 amide bonds. The van der Waals surface area contributed by atoms with Gasteiger partial charge in [0, 0.05) is 0 Å². The third kappa shape index (κ3) is 0.281. The maximum absolute atomic E-state index is 6.15.